The van der Waals surface area contributed by atoms with Crippen molar-refractivity contribution in [2.45, 2.75) is 51.5 Å². The number of aliphatic carboxylic acids is 6. The van der Waals surface area contributed by atoms with Gasteiger partial charge in [0.2, 0.25) is 5.91 Å². The molecule has 0 radical (unpaired) electrons. The van der Waals surface area contributed by atoms with E-state index in [2.05, 4.69) is 5.32 Å². The van der Waals surface area contributed by atoms with Gasteiger partial charge in [0.1, 0.15) is 11.8 Å². The number of nitrogens with zero attached hydrogens (tertiary/aromatic N) is 4. The van der Waals surface area contributed by atoms with E-state index in [0.717, 1.165) is 0 Å². The van der Waals surface area contributed by atoms with E-state index in [9.17, 15) is 78.5 Å². The lowest BCUT2D eigenvalue weighted by Gasteiger charge is -2.33. The van der Waals surface area contributed by atoms with Gasteiger partial charge in [-0.25, -0.2) is 4.79 Å². The normalized spacial score (nSPS) is 18.4. The molecule has 4 atom stereocenters. The first-order valence-electron chi connectivity index (χ1n) is 17.7. The molecule has 0 aromatic heterocycles. The topological polar surface area (TPSA) is 329 Å². The van der Waals surface area contributed by atoms with Gasteiger partial charge in [-0.2, -0.15) is 0 Å². The molecule has 1 unspecified atom stereocenters. The Morgan fingerprint density at radius 2 is 1.04 bits per heavy atom. The zero-order valence-electron chi connectivity index (χ0n) is 30.8. The molecule has 1 aliphatic heterocycles. The zero-order valence-corrected chi connectivity index (χ0v) is 31.7. The minimum atomic E-state index is -4.41. The standard InChI is InChI=1S/C32H54N5O17P/c1-2-3-23(31(48)49)21-55(52,53)54-15-6-25(32(50)51)33-26(39)5-4-22(30(46)47)16-24(38)17-34-7-9-35(18-27(40)41)11-13-37(20-29(44)45)14-12-36(10-8-34)19-28(42)43/h22-23,25H,2-21H2,1H3,(H,33,39)(H,40,41)(H,42,43)(H,44,45)(H,46,47)(H,48,49)(H,50,51)(H,52,53)/t22-,23-,25+/m1/s1. The molecule has 55 heavy (non-hydrogen) atoms. The third-order valence-corrected chi connectivity index (χ3v) is 10.2. The van der Waals surface area contributed by atoms with Crippen LogP contribution in [0.3, 0.4) is 0 Å². The Hall–Kier alpha value is -4.05. The maximum atomic E-state index is 13.2. The Morgan fingerprint density at radius 1 is 0.618 bits per heavy atom. The highest BCUT2D eigenvalue weighted by Crippen LogP contribution is 2.44. The van der Waals surface area contributed by atoms with E-state index in [4.69, 9.17) is 4.52 Å². The molecular weight excluding hydrogens is 757 g/mol. The molecule has 1 heterocycles. The van der Waals surface area contributed by atoms with Crippen LogP contribution in [-0.2, 0) is 47.4 Å². The van der Waals surface area contributed by atoms with Gasteiger partial charge in [-0.3, -0.25) is 57.7 Å². The highest BCUT2D eigenvalue weighted by Gasteiger charge is 2.31. The summed E-state index contributed by atoms with van der Waals surface area (Å²) >= 11 is 0. The van der Waals surface area contributed by atoms with E-state index < -0.39 is 105 Å². The molecule has 1 amide bonds. The maximum Gasteiger partial charge on any atom is 0.328 e. The molecule has 0 bridgehead atoms. The lowest BCUT2D eigenvalue weighted by Crippen LogP contribution is -2.49. The third-order valence-electron chi connectivity index (χ3n) is 8.72. The number of hydrogen-bond donors (Lipinski definition) is 8. The van der Waals surface area contributed by atoms with Gasteiger partial charge in [0.15, 0.2) is 0 Å². The highest BCUT2D eigenvalue weighted by atomic mass is 31.2. The molecule has 8 N–H and O–H groups in total. The van der Waals surface area contributed by atoms with E-state index in [1.54, 1.807) is 26.5 Å². The van der Waals surface area contributed by atoms with Crippen LogP contribution in [0.5, 0.6) is 0 Å². The van der Waals surface area contributed by atoms with Crippen molar-refractivity contribution in [3.63, 3.8) is 0 Å². The molecule has 0 aromatic carbocycles. The number of ketones is 1. The van der Waals surface area contributed by atoms with Crippen LogP contribution >= 0.6 is 7.60 Å². The first kappa shape index (κ1) is 49.0. The summed E-state index contributed by atoms with van der Waals surface area (Å²) in [5.74, 6) is -11.5. The number of amides is 1. The van der Waals surface area contributed by atoms with E-state index in [1.807, 2.05) is 0 Å². The largest absolute Gasteiger partial charge is 0.481 e. The number of hydrogen-bond acceptors (Lipinski definition) is 14. The van der Waals surface area contributed by atoms with Crippen LogP contribution in [-0.4, -0.2) is 200 Å². The summed E-state index contributed by atoms with van der Waals surface area (Å²) < 4.78 is 17.2. The van der Waals surface area contributed by atoms with Crippen LogP contribution in [0.2, 0.25) is 0 Å². The van der Waals surface area contributed by atoms with E-state index in [0.29, 0.717) is 6.42 Å². The number of Topliss-reactive ketones (excluding diaryl/α,β-unsaturated/α-hetero) is 1. The fourth-order valence-corrected chi connectivity index (χ4v) is 7.19. The van der Waals surface area contributed by atoms with Crippen molar-refractivity contribution in [3.05, 3.63) is 0 Å². The monoisotopic (exact) mass is 811 g/mol. The van der Waals surface area contributed by atoms with E-state index in [-0.39, 0.29) is 91.4 Å². The summed E-state index contributed by atoms with van der Waals surface area (Å²) in [5.41, 5.74) is 0. The Kier molecular flexibility index (Phi) is 22.4. The number of carbonyl (C=O) groups excluding carboxylic acids is 2. The van der Waals surface area contributed by atoms with Gasteiger partial charge in [-0.15, -0.1) is 0 Å². The predicted octanol–water partition coefficient (Wildman–Crippen LogP) is -1.44. The second kappa shape index (κ2) is 25.2. The van der Waals surface area contributed by atoms with Crippen LogP contribution in [0.1, 0.15) is 45.4 Å². The number of rotatable bonds is 25. The van der Waals surface area contributed by atoms with E-state index in [1.165, 1.54) is 0 Å². The van der Waals surface area contributed by atoms with Gasteiger partial charge >= 0.3 is 43.4 Å². The summed E-state index contributed by atoms with van der Waals surface area (Å²) in [6.07, 6.45) is -1.97. The molecule has 0 saturated carbocycles. The van der Waals surface area contributed by atoms with Crippen molar-refractivity contribution < 1.29 is 83.0 Å². The fourth-order valence-electron chi connectivity index (χ4n) is 5.80. The predicted molar refractivity (Wildman–Crippen MR) is 190 cm³/mol. The summed E-state index contributed by atoms with van der Waals surface area (Å²) in [4.78, 5) is 112. The van der Waals surface area contributed by atoms with Crippen molar-refractivity contribution in [1.82, 2.24) is 24.9 Å². The second-order valence-electron chi connectivity index (χ2n) is 13.3. The van der Waals surface area contributed by atoms with Crippen molar-refractivity contribution in [3.8, 4) is 0 Å². The smallest absolute Gasteiger partial charge is 0.328 e. The molecule has 0 spiro atoms. The summed E-state index contributed by atoms with van der Waals surface area (Å²) in [6.45, 7) is 0.903. The molecule has 1 saturated heterocycles. The third kappa shape index (κ3) is 22.2. The van der Waals surface area contributed by atoms with Crippen LogP contribution in [0.15, 0.2) is 0 Å². The summed E-state index contributed by atoms with van der Waals surface area (Å²) in [6, 6.07) is -1.60. The molecule has 314 valence electrons. The Bertz CT molecular complexity index is 1350. The number of nitrogens with one attached hydrogen (secondary N) is 1. The molecule has 0 aromatic rings. The lowest BCUT2D eigenvalue weighted by molar-refractivity contribution is -0.145. The van der Waals surface area contributed by atoms with E-state index >= 15 is 0 Å². The maximum absolute atomic E-state index is 13.2. The second-order valence-corrected chi connectivity index (χ2v) is 15.2. The SMILES string of the molecule is CCC[C@H](CP(=O)(O)OCC[C@H](NC(=O)CC[C@H](CC(=O)CN1CCN(CC(=O)O)CCN(CC(=O)O)CCN(CC(=O)O)CC1)C(=O)O)C(=O)O)C(=O)O. The quantitative estimate of drug-likeness (QED) is 0.0490. The molecule has 1 fully saturated rings. The van der Waals surface area contributed by atoms with Crippen molar-refractivity contribution in [2.24, 2.45) is 11.8 Å². The van der Waals surface area contributed by atoms with Gasteiger partial charge in [-0.05, 0) is 12.8 Å². The molecular formula is C32H54N5O17P. The van der Waals surface area contributed by atoms with Crippen LogP contribution in [0.25, 0.3) is 0 Å². The molecule has 0 aliphatic carbocycles. The van der Waals surface area contributed by atoms with Crippen molar-refractivity contribution >= 4 is 55.1 Å². The van der Waals surface area contributed by atoms with Gasteiger partial charge in [-0.1, -0.05) is 13.3 Å². The summed E-state index contributed by atoms with van der Waals surface area (Å²) in [5, 5.41) is 58.8. The number of carboxylic acid groups (broad SMARTS) is 6. The van der Waals surface area contributed by atoms with Gasteiger partial charge in [0.25, 0.3) is 0 Å². The van der Waals surface area contributed by atoms with Gasteiger partial charge < -0.3 is 45.4 Å². The first-order chi connectivity index (χ1) is 25.7. The number of carboxylic acids is 6. The van der Waals surface area contributed by atoms with Crippen molar-refractivity contribution in [2.75, 3.05) is 91.3 Å². The molecule has 22 nitrogen and oxygen atoms in total. The molecule has 23 heteroatoms. The molecule has 1 rings (SSSR count). The minimum absolute atomic E-state index is 0.122. The van der Waals surface area contributed by atoms with Crippen LogP contribution in [0.4, 0.5) is 0 Å². The Morgan fingerprint density at radius 3 is 1.40 bits per heavy atom. The average Bonchev–Trinajstić information content (AvgIpc) is 3.06. The lowest BCUT2D eigenvalue weighted by atomic mass is 9.96. The van der Waals surface area contributed by atoms with Gasteiger partial charge in [0.05, 0.1) is 50.8 Å². The van der Waals surface area contributed by atoms with Crippen LogP contribution < -0.4 is 5.32 Å². The Labute approximate surface area is 317 Å². The summed E-state index contributed by atoms with van der Waals surface area (Å²) in [7, 11) is -4.41. The number of carbonyl (C=O) groups is 8. The first-order valence-corrected chi connectivity index (χ1v) is 19.5. The minimum Gasteiger partial charge on any atom is -0.481 e. The molecule has 1 aliphatic rings. The average molecular weight is 812 g/mol. The van der Waals surface area contributed by atoms with Crippen LogP contribution in [0, 0.1) is 11.8 Å². The van der Waals surface area contributed by atoms with Gasteiger partial charge in [0, 0.05) is 71.6 Å². The fraction of sp³-hybridized carbons (Fsp3) is 0.750. The van der Waals surface area contributed by atoms with Crippen molar-refractivity contribution in [1.29, 1.82) is 0 Å². The zero-order chi connectivity index (χ0) is 41.7. The Balaban J connectivity index is 2.89. The highest BCUT2D eigenvalue weighted by molar-refractivity contribution is 7.52.